The van der Waals surface area contributed by atoms with Gasteiger partial charge in [0.1, 0.15) is 0 Å². The van der Waals surface area contributed by atoms with Gasteiger partial charge in [0.2, 0.25) is 11.8 Å². The summed E-state index contributed by atoms with van der Waals surface area (Å²) in [6.07, 6.45) is 0.124. The number of aryl methyl sites for hydroxylation is 2. The number of nitrogens with one attached hydrogen (secondary N) is 1. The fraction of sp³-hybridized carbons (Fsp3) is 0.154. The molecule has 0 fully saturated rings. The molecule has 0 aliphatic heterocycles. The summed E-state index contributed by atoms with van der Waals surface area (Å²) < 4.78 is 1.53. The third kappa shape index (κ3) is 5.38. The average Bonchev–Trinajstić information content (AvgIpc) is 2.77. The maximum absolute atomic E-state index is 13.4. The Balaban J connectivity index is 1.59. The van der Waals surface area contributed by atoms with E-state index >= 15 is 0 Å². The topological polar surface area (TPSA) is 81.1 Å². The van der Waals surface area contributed by atoms with E-state index in [0.29, 0.717) is 21.7 Å². The SMILES string of the molecule is Cc1cc(C)cc(-n2c(SCC(=O)NC(=O)Cc3ccccc3)nc3ccccc3c2=O)c1. The normalized spacial score (nSPS) is 10.8. The van der Waals surface area contributed by atoms with Crippen molar-refractivity contribution in [2.24, 2.45) is 0 Å². The van der Waals surface area contributed by atoms with Crippen LogP contribution in [0.3, 0.4) is 0 Å². The van der Waals surface area contributed by atoms with Crippen molar-refractivity contribution in [3.63, 3.8) is 0 Å². The first-order valence-corrected chi connectivity index (χ1v) is 11.5. The van der Waals surface area contributed by atoms with E-state index in [0.717, 1.165) is 28.5 Å². The van der Waals surface area contributed by atoms with E-state index in [1.165, 1.54) is 4.57 Å². The van der Waals surface area contributed by atoms with Gasteiger partial charge >= 0.3 is 0 Å². The van der Waals surface area contributed by atoms with E-state index in [1.54, 1.807) is 18.2 Å². The van der Waals surface area contributed by atoms with Crippen LogP contribution in [0.4, 0.5) is 0 Å². The number of aromatic nitrogens is 2. The summed E-state index contributed by atoms with van der Waals surface area (Å²) in [6, 6.07) is 22.2. The van der Waals surface area contributed by atoms with Gasteiger partial charge in [-0.3, -0.25) is 24.3 Å². The van der Waals surface area contributed by atoms with Gasteiger partial charge in [-0.05, 0) is 54.8 Å². The molecule has 4 rings (SSSR count). The number of benzene rings is 3. The average molecular weight is 458 g/mol. The molecular weight excluding hydrogens is 434 g/mol. The summed E-state index contributed by atoms with van der Waals surface area (Å²) in [6.45, 7) is 3.93. The predicted molar refractivity (Wildman–Crippen MR) is 131 cm³/mol. The van der Waals surface area contributed by atoms with Gasteiger partial charge in [0, 0.05) is 0 Å². The fourth-order valence-electron chi connectivity index (χ4n) is 3.66. The quantitative estimate of drug-likeness (QED) is 0.350. The molecule has 0 saturated heterocycles. The Morgan fingerprint density at radius 1 is 0.909 bits per heavy atom. The van der Waals surface area contributed by atoms with Crippen LogP contribution in [0.25, 0.3) is 16.6 Å². The van der Waals surface area contributed by atoms with Gasteiger partial charge in [-0.1, -0.05) is 60.3 Å². The highest BCUT2D eigenvalue weighted by atomic mass is 32.2. The molecular formula is C26H23N3O3S. The minimum atomic E-state index is -0.435. The molecule has 0 radical (unpaired) electrons. The Morgan fingerprint density at radius 3 is 2.30 bits per heavy atom. The van der Waals surface area contributed by atoms with Crippen LogP contribution in [-0.4, -0.2) is 27.1 Å². The van der Waals surface area contributed by atoms with Gasteiger partial charge in [0.15, 0.2) is 5.16 Å². The molecule has 1 aromatic heterocycles. The highest BCUT2D eigenvalue weighted by Gasteiger charge is 2.16. The maximum atomic E-state index is 13.4. The Bertz CT molecular complexity index is 1380. The third-order valence-electron chi connectivity index (χ3n) is 5.03. The van der Waals surface area contributed by atoms with Crippen LogP contribution in [0.2, 0.25) is 0 Å². The largest absolute Gasteiger partial charge is 0.295 e. The molecule has 3 aromatic carbocycles. The van der Waals surface area contributed by atoms with Crippen LogP contribution in [0.5, 0.6) is 0 Å². The van der Waals surface area contributed by atoms with Crippen molar-refractivity contribution >= 4 is 34.5 Å². The monoisotopic (exact) mass is 457 g/mol. The summed E-state index contributed by atoms with van der Waals surface area (Å²) in [5.74, 6) is -0.851. The fourth-order valence-corrected chi connectivity index (χ4v) is 4.48. The summed E-state index contributed by atoms with van der Waals surface area (Å²) in [5, 5.41) is 3.31. The molecule has 0 aliphatic rings. The lowest BCUT2D eigenvalue weighted by molar-refractivity contribution is -0.128. The number of amides is 2. The van der Waals surface area contributed by atoms with Gasteiger partial charge in [-0.2, -0.15) is 0 Å². The molecule has 0 aliphatic carbocycles. The van der Waals surface area contributed by atoms with Gasteiger partial charge in [0.25, 0.3) is 5.56 Å². The van der Waals surface area contributed by atoms with Crippen molar-refractivity contribution in [1.29, 1.82) is 0 Å². The number of fused-ring (bicyclic) bond motifs is 1. The zero-order chi connectivity index (χ0) is 23.4. The minimum absolute atomic E-state index is 0.0455. The molecule has 1 heterocycles. The first-order valence-electron chi connectivity index (χ1n) is 10.5. The molecule has 0 saturated carbocycles. The highest BCUT2D eigenvalue weighted by Crippen LogP contribution is 2.22. The Labute approximate surface area is 195 Å². The summed E-state index contributed by atoms with van der Waals surface area (Å²) >= 11 is 1.13. The van der Waals surface area contributed by atoms with Gasteiger partial charge in [-0.25, -0.2) is 4.98 Å². The molecule has 6 nitrogen and oxygen atoms in total. The smallest absolute Gasteiger partial charge is 0.266 e. The summed E-state index contributed by atoms with van der Waals surface area (Å²) in [4.78, 5) is 42.7. The number of carbonyl (C=O) groups is 2. The number of carbonyl (C=O) groups excluding carboxylic acids is 2. The van der Waals surface area contributed by atoms with Crippen LogP contribution in [0.15, 0.2) is 82.7 Å². The Hall–Kier alpha value is -3.71. The first kappa shape index (κ1) is 22.5. The molecule has 0 bridgehead atoms. The van der Waals surface area contributed by atoms with E-state index in [9.17, 15) is 14.4 Å². The molecule has 4 aromatic rings. The number of hydrogen-bond donors (Lipinski definition) is 1. The van der Waals surface area contributed by atoms with Crippen LogP contribution >= 0.6 is 11.8 Å². The number of nitrogens with zero attached hydrogens (tertiary/aromatic N) is 2. The number of imide groups is 1. The second-order valence-electron chi connectivity index (χ2n) is 7.82. The zero-order valence-electron chi connectivity index (χ0n) is 18.4. The molecule has 0 unspecified atom stereocenters. The van der Waals surface area contributed by atoms with Crippen molar-refractivity contribution in [3.05, 3.63) is 99.8 Å². The molecule has 33 heavy (non-hydrogen) atoms. The predicted octanol–water partition coefficient (Wildman–Crippen LogP) is 3.98. The number of hydrogen-bond acceptors (Lipinski definition) is 5. The molecule has 166 valence electrons. The van der Waals surface area contributed by atoms with Crippen molar-refractivity contribution in [2.75, 3.05) is 5.75 Å². The van der Waals surface area contributed by atoms with E-state index < -0.39 is 5.91 Å². The molecule has 7 heteroatoms. The number of thioether (sulfide) groups is 1. The molecule has 0 atom stereocenters. The van der Waals surface area contributed by atoms with Crippen LogP contribution in [0.1, 0.15) is 16.7 Å². The van der Waals surface area contributed by atoms with Crippen molar-refractivity contribution in [1.82, 2.24) is 14.9 Å². The van der Waals surface area contributed by atoms with Gasteiger partial charge in [0.05, 0.1) is 28.8 Å². The maximum Gasteiger partial charge on any atom is 0.266 e. The van der Waals surface area contributed by atoms with Gasteiger partial charge < -0.3 is 0 Å². The molecule has 0 spiro atoms. The summed E-state index contributed by atoms with van der Waals surface area (Å²) in [7, 11) is 0. The lowest BCUT2D eigenvalue weighted by Gasteiger charge is -2.14. The number of para-hydroxylation sites is 1. The third-order valence-corrected chi connectivity index (χ3v) is 5.97. The molecule has 1 N–H and O–H groups in total. The Morgan fingerprint density at radius 2 is 1.58 bits per heavy atom. The Kier molecular flexibility index (Phi) is 6.70. The van der Waals surface area contributed by atoms with E-state index in [1.807, 2.05) is 68.4 Å². The second-order valence-corrected chi connectivity index (χ2v) is 8.76. The zero-order valence-corrected chi connectivity index (χ0v) is 19.2. The van der Waals surface area contributed by atoms with Crippen molar-refractivity contribution in [2.45, 2.75) is 25.4 Å². The standard InChI is InChI=1S/C26H23N3O3S/c1-17-12-18(2)14-20(13-17)29-25(32)21-10-6-7-11-22(21)27-26(29)33-16-24(31)28-23(30)15-19-8-4-3-5-9-19/h3-14H,15-16H2,1-2H3,(H,28,30,31). The van der Waals surface area contributed by atoms with Crippen LogP contribution in [0, 0.1) is 13.8 Å². The number of rotatable bonds is 6. The second kappa shape index (κ2) is 9.83. The van der Waals surface area contributed by atoms with Crippen LogP contribution in [-0.2, 0) is 16.0 Å². The van der Waals surface area contributed by atoms with Crippen LogP contribution < -0.4 is 10.9 Å². The lowest BCUT2D eigenvalue weighted by Crippen LogP contribution is -2.33. The minimum Gasteiger partial charge on any atom is -0.295 e. The lowest BCUT2D eigenvalue weighted by atomic mass is 10.1. The molecule has 2 amide bonds. The van der Waals surface area contributed by atoms with Gasteiger partial charge in [-0.15, -0.1) is 0 Å². The van der Waals surface area contributed by atoms with E-state index in [4.69, 9.17) is 0 Å². The highest BCUT2D eigenvalue weighted by molar-refractivity contribution is 7.99. The van der Waals surface area contributed by atoms with E-state index in [-0.39, 0.29) is 23.6 Å². The first-order chi connectivity index (χ1) is 15.9. The van der Waals surface area contributed by atoms with Crippen molar-refractivity contribution < 1.29 is 9.59 Å². The van der Waals surface area contributed by atoms with E-state index in [2.05, 4.69) is 10.3 Å². The van der Waals surface area contributed by atoms with Crippen molar-refractivity contribution in [3.8, 4) is 5.69 Å². The summed E-state index contributed by atoms with van der Waals surface area (Å²) in [5.41, 5.74) is 3.92.